The number of hydrogen-bond acceptors (Lipinski definition) is 5. The average molecular weight is 344 g/mol. The molecule has 26 heavy (non-hydrogen) atoms. The van der Waals surface area contributed by atoms with E-state index in [4.69, 9.17) is 10.2 Å². The maximum absolute atomic E-state index is 6.14. The smallest absolute Gasteiger partial charge is 0.223 e. The fraction of sp³-hybridized carbons (Fsp3) is 0.105. The predicted octanol–water partition coefficient (Wildman–Crippen LogP) is 3.16. The topological polar surface area (TPSA) is 87.2 Å². The molecule has 5 aromatic rings. The second-order valence-electron chi connectivity index (χ2n) is 6.11. The van der Waals surface area contributed by atoms with Gasteiger partial charge in [0.05, 0.1) is 23.4 Å². The summed E-state index contributed by atoms with van der Waals surface area (Å²) in [7, 11) is 0. The van der Waals surface area contributed by atoms with Crippen molar-refractivity contribution in [2.45, 2.75) is 13.0 Å². The highest BCUT2D eigenvalue weighted by Crippen LogP contribution is 2.26. The molecule has 0 atom stereocenters. The molecule has 0 aliphatic rings. The largest absolute Gasteiger partial charge is 0.463 e. The van der Waals surface area contributed by atoms with Gasteiger partial charge in [-0.2, -0.15) is 19.7 Å². The average Bonchev–Trinajstić information content (AvgIpc) is 3.39. The van der Waals surface area contributed by atoms with Crippen molar-refractivity contribution in [3.8, 4) is 11.5 Å². The number of benzene rings is 1. The molecule has 1 aromatic carbocycles. The van der Waals surface area contributed by atoms with E-state index in [2.05, 4.69) is 27.3 Å². The van der Waals surface area contributed by atoms with Crippen LogP contribution in [-0.4, -0.2) is 24.4 Å². The van der Waals surface area contributed by atoms with Crippen molar-refractivity contribution in [3.63, 3.8) is 0 Å². The fourth-order valence-corrected chi connectivity index (χ4v) is 3.17. The molecule has 0 bridgehead atoms. The molecule has 0 radical (unpaired) electrons. The number of anilines is 1. The number of fused-ring (bicyclic) bond motifs is 3. The van der Waals surface area contributed by atoms with E-state index in [1.807, 2.05) is 47.3 Å². The van der Waals surface area contributed by atoms with Crippen LogP contribution in [0.4, 0.5) is 5.95 Å². The van der Waals surface area contributed by atoms with E-state index in [0.29, 0.717) is 17.4 Å². The van der Waals surface area contributed by atoms with Crippen molar-refractivity contribution >= 4 is 22.5 Å². The van der Waals surface area contributed by atoms with Crippen LogP contribution in [0, 0.1) is 0 Å². The molecular weight excluding hydrogens is 328 g/mol. The molecule has 0 amide bonds. The van der Waals surface area contributed by atoms with Crippen LogP contribution in [0.5, 0.6) is 0 Å². The van der Waals surface area contributed by atoms with E-state index in [9.17, 15) is 0 Å². The molecule has 7 heteroatoms. The van der Waals surface area contributed by atoms with Crippen molar-refractivity contribution in [1.82, 2.24) is 24.4 Å². The third kappa shape index (κ3) is 2.33. The zero-order valence-electron chi connectivity index (χ0n) is 13.9. The molecular formula is C19H16N6O. The number of aryl methyl sites for hydroxylation is 2. The predicted molar refractivity (Wildman–Crippen MR) is 98.5 cm³/mol. The summed E-state index contributed by atoms with van der Waals surface area (Å²) in [4.78, 5) is 4.52. The maximum Gasteiger partial charge on any atom is 0.223 e. The molecule has 7 nitrogen and oxygen atoms in total. The van der Waals surface area contributed by atoms with Crippen molar-refractivity contribution in [2.24, 2.45) is 0 Å². The highest BCUT2D eigenvalue weighted by Gasteiger charge is 2.15. The Morgan fingerprint density at radius 3 is 2.77 bits per heavy atom. The zero-order valence-corrected chi connectivity index (χ0v) is 13.9. The minimum atomic E-state index is 0.326. The van der Waals surface area contributed by atoms with Crippen LogP contribution < -0.4 is 5.73 Å². The molecule has 0 spiro atoms. The fourth-order valence-electron chi connectivity index (χ4n) is 3.17. The van der Waals surface area contributed by atoms with Crippen molar-refractivity contribution < 1.29 is 4.42 Å². The lowest BCUT2D eigenvalue weighted by molar-refractivity contribution is 0.579. The summed E-state index contributed by atoms with van der Waals surface area (Å²) in [5, 5.41) is 9.93. The lowest BCUT2D eigenvalue weighted by atomic mass is 10.1. The van der Waals surface area contributed by atoms with E-state index in [1.54, 1.807) is 10.8 Å². The third-order valence-electron chi connectivity index (χ3n) is 4.46. The lowest BCUT2D eigenvalue weighted by Crippen LogP contribution is -2.07. The Bertz CT molecular complexity index is 1190. The van der Waals surface area contributed by atoms with E-state index >= 15 is 0 Å². The monoisotopic (exact) mass is 344 g/mol. The molecule has 0 aliphatic heterocycles. The van der Waals surface area contributed by atoms with E-state index in [0.717, 1.165) is 29.5 Å². The molecule has 0 fully saturated rings. The highest BCUT2D eigenvalue weighted by atomic mass is 16.3. The first-order valence-electron chi connectivity index (χ1n) is 8.38. The Hall–Kier alpha value is -3.61. The molecule has 2 N–H and O–H groups in total. The first-order valence-corrected chi connectivity index (χ1v) is 8.38. The van der Waals surface area contributed by atoms with Crippen LogP contribution >= 0.6 is 0 Å². The Kier molecular flexibility index (Phi) is 3.24. The van der Waals surface area contributed by atoms with Gasteiger partial charge in [-0.3, -0.25) is 0 Å². The second-order valence-corrected chi connectivity index (χ2v) is 6.11. The molecule has 4 aromatic heterocycles. The molecule has 4 heterocycles. The normalized spacial score (nSPS) is 11.5. The zero-order chi connectivity index (χ0) is 17.5. The van der Waals surface area contributed by atoms with Gasteiger partial charge in [-0.15, -0.1) is 0 Å². The van der Waals surface area contributed by atoms with Crippen molar-refractivity contribution in [1.29, 1.82) is 0 Å². The molecule has 0 aliphatic carbocycles. The van der Waals surface area contributed by atoms with Gasteiger partial charge < -0.3 is 10.2 Å². The van der Waals surface area contributed by atoms with Crippen LogP contribution in [0.1, 0.15) is 5.56 Å². The quantitative estimate of drug-likeness (QED) is 0.541. The van der Waals surface area contributed by atoms with E-state index in [1.165, 1.54) is 5.56 Å². The Morgan fingerprint density at radius 2 is 1.96 bits per heavy atom. The maximum atomic E-state index is 6.14. The van der Waals surface area contributed by atoms with Gasteiger partial charge in [-0.25, -0.2) is 4.68 Å². The van der Waals surface area contributed by atoms with Gasteiger partial charge in [-0.05, 0) is 30.2 Å². The van der Waals surface area contributed by atoms with E-state index in [-0.39, 0.29) is 0 Å². The van der Waals surface area contributed by atoms with Gasteiger partial charge in [0.25, 0.3) is 0 Å². The Labute approximate surface area is 148 Å². The summed E-state index contributed by atoms with van der Waals surface area (Å²) < 4.78 is 8.95. The number of hydrogen-bond donors (Lipinski definition) is 1. The number of nitrogens with zero attached hydrogens (tertiary/aromatic N) is 5. The molecule has 0 unspecified atom stereocenters. The summed E-state index contributed by atoms with van der Waals surface area (Å²) in [5.41, 5.74) is 9.74. The molecule has 128 valence electrons. The number of furan rings is 1. The first kappa shape index (κ1) is 14.7. The van der Waals surface area contributed by atoms with Crippen LogP contribution in [0.25, 0.3) is 28.0 Å². The summed E-state index contributed by atoms with van der Waals surface area (Å²) in [6, 6.07) is 16.0. The van der Waals surface area contributed by atoms with Crippen LogP contribution in [-0.2, 0) is 13.0 Å². The Balaban J connectivity index is 1.58. The van der Waals surface area contributed by atoms with Gasteiger partial charge in [0.2, 0.25) is 5.95 Å². The van der Waals surface area contributed by atoms with Crippen molar-refractivity contribution in [2.75, 3.05) is 5.73 Å². The summed E-state index contributed by atoms with van der Waals surface area (Å²) in [6.07, 6.45) is 4.31. The van der Waals surface area contributed by atoms with Gasteiger partial charge in [-0.1, -0.05) is 30.3 Å². The first-order chi connectivity index (χ1) is 12.8. The van der Waals surface area contributed by atoms with Crippen LogP contribution in [0.3, 0.4) is 0 Å². The SMILES string of the molecule is Nc1nc2c(cnn2CCc2ccccc2)c2cc(-c3ccco3)nn12. The van der Waals surface area contributed by atoms with Crippen LogP contribution in [0.2, 0.25) is 0 Å². The summed E-state index contributed by atoms with van der Waals surface area (Å²) >= 11 is 0. The number of nitrogen functional groups attached to an aromatic ring is 1. The number of nitrogens with two attached hydrogens (primary N) is 1. The Morgan fingerprint density at radius 1 is 1.08 bits per heavy atom. The molecule has 5 rings (SSSR count). The minimum absolute atomic E-state index is 0.326. The number of aromatic nitrogens is 5. The van der Waals surface area contributed by atoms with Gasteiger partial charge in [0.15, 0.2) is 11.4 Å². The van der Waals surface area contributed by atoms with Gasteiger partial charge in [0.1, 0.15) is 5.69 Å². The molecule has 0 saturated heterocycles. The molecule has 0 saturated carbocycles. The van der Waals surface area contributed by atoms with Crippen LogP contribution in [0.15, 0.2) is 65.4 Å². The lowest BCUT2D eigenvalue weighted by Gasteiger charge is -2.05. The number of rotatable bonds is 4. The van der Waals surface area contributed by atoms with E-state index < -0.39 is 0 Å². The van der Waals surface area contributed by atoms with Gasteiger partial charge in [0, 0.05) is 6.54 Å². The van der Waals surface area contributed by atoms with Crippen molar-refractivity contribution in [3.05, 3.63) is 66.6 Å². The highest BCUT2D eigenvalue weighted by molar-refractivity contribution is 5.93. The van der Waals surface area contributed by atoms with Gasteiger partial charge >= 0.3 is 0 Å². The third-order valence-corrected chi connectivity index (χ3v) is 4.46. The standard InChI is InChI=1S/C19H16N6O/c20-19-22-18-14(12-21-24(18)9-8-13-5-2-1-3-6-13)16-11-15(23-25(16)19)17-7-4-10-26-17/h1-7,10-12H,8-9H2,(H2,20,22). The second kappa shape index (κ2) is 5.73. The minimum Gasteiger partial charge on any atom is -0.463 e. The summed E-state index contributed by atoms with van der Waals surface area (Å²) in [5.74, 6) is 1.02. The summed E-state index contributed by atoms with van der Waals surface area (Å²) in [6.45, 7) is 0.731.